The topological polar surface area (TPSA) is 52.2 Å². The molecule has 0 bridgehead atoms. The molecule has 0 atom stereocenters. The van der Waals surface area contributed by atoms with E-state index in [1.807, 2.05) is 0 Å². The van der Waals surface area contributed by atoms with Gasteiger partial charge < -0.3 is 29.2 Å². The average molecular weight is 812 g/mol. The van der Waals surface area contributed by atoms with E-state index in [9.17, 15) is 0 Å². The number of nitrogens with one attached hydrogen (secondary N) is 1. The average Bonchev–Trinajstić information content (AvgIpc) is 3.25. The molecule has 0 spiro atoms. The van der Waals surface area contributed by atoms with Crippen molar-refractivity contribution in [1.29, 1.82) is 0 Å². The Labute approximate surface area is 367 Å². The monoisotopic (exact) mass is 812 g/mol. The van der Waals surface area contributed by atoms with Crippen LogP contribution in [0.25, 0.3) is 0 Å². The van der Waals surface area contributed by atoms with E-state index in [1.54, 1.807) is 0 Å². The van der Waals surface area contributed by atoms with Crippen LogP contribution in [0.4, 0.5) is 28.4 Å². The third-order valence-electron chi connectivity index (χ3n) is 14.2. The van der Waals surface area contributed by atoms with Gasteiger partial charge in [-0.3, -0.25) is 0 Å². The van der Waals surface area contributed by atoms with Crippen molar-refractivity contribution in [3.05, 3.63) is 155 Å². The summed E-state index contributed by atoms with van der Waals surface area (Å²) in [6, 6.07) is 44.4. The molecule has 0 saturated carbocycles. The maximum atomic E-state index is 7.16. The second-order valence-corrected chi connectivity index (χ2v) is 18.5. The van der Waals surface area contributed by atoms with Gasteiger partial charge in [0.05, 0.1) is 5.69 Å². The molecule has 0 aliphatic carbocycles. The van der Waals surface area contributed by atoms with Crippen molar-refractivity contribution >= 4 is 97.7 Å². The molecule has 8 aromatic carbocycles. The molecule has 9 heteroatoms. The van der Waals surface area contributed by atoms with Gasteiger partial charge in [0.25, 0.3) is 20.1 Å². The molecule has 6 aliphatic rings. The van der Waals surface area contributed by atoms with Crippen molar-refractivity contribution in [1.82, 2.24) is 0 Å². The van der Waals surface area contributed by atoms with Crippen LogP contribution < -0.4 is 78.3 Å². The van der Waals surface area contributed by atoms with Gasteiger partial charge in [-0.15, -0.1) is 0 Å². The quantitative estimate of drug-likeness (QED) is 0.175. The van der Waals surface area contributed by atoms with E-state index in [4.69, 9.17) is 18.9 Å². The molecule has 0 amide bonds. The van der Waals surface area contributed by atoms with Crippen LogP contribution in [0.2, 0.25) is 0 Å². The number of fused-ring (bicyclic) bond motifs is 12. The highest BCUT2D eigenvalue weighted by atomic mass is 16.5. The Morgan fingerprint density at radius 2 is 0.857 bits per heavy atom. The molecule has 6 heterocycles. The number of rotatable bonds is 1. The summed E-state index contributed by atoms with van der Waals surface area (Å²) in [5.41, 5.74) is 23.2. The van der Waals surface area contributed by atoms with E-state index in [-0.39, 0.29) is 20.1 Å². The number of anilines is 5. The Bertz CT molecular complexity index is 3430. The van der Waals surface area contributed by atoms with Gasteiger partial charge in [-0.25, -0.2) is 0 Å². The maximum Gasteiger partial charge on any atom is 0.260 e. The smallest absolute Gasteiger partial charge is 0.260 e. The maximum absolute atomic E-state index is 7.16. The molecule has 14 rings (SSSR count). The first kappa shape index (κ1) is 35.4. The van der Waals surface area contributed by atoms with Crippen molar-refractivity contribution < 1.29 is 18.9 Å². The van der Waals surface area contributed by atoms with Gasteiger partial charge in [0.2, 0.25) is 0 Å². The normalized spacial score (nSPS) is 14.4. The van der Waals surface area contributed by atoms with E-state index in [1.165, 1.54) is 49.7 Å². The fourth-order valence-electron chi connectivity index (χ4n) is 11.9. The first-order chi connectivity index (χ1) is 30.6. The van der Waals surface area contributed by atoms with Crippen molar-refractivity contribution in [2.75, 3.05) is 10.2 Å². The Kier molecular flexibility index (Phi) is 6.86. The van der Waals surface area contributed by atoms with Gasteiger partial charge in [0.1, 0.15) is 46.0 Å². The van der Waals surface area contributed by atoms with Gasteiger partial charge in [0, 0.05) is 34.3 Å². The highest BCUT2D eigenvalue weighted by Gasteiger charge is 2.48. The van der Waals surface area contributed by atoms with Crippen molar-refractivity contribution in [2.45, 2.75) is 41.5 Å². The van der Waals surface area contributed by atoms with Gasteiger partial charge in [-0.05, 0) is 168 Å². The van der Waals surface area contributed by atoms with E-state index in [0.717, 1.165) is 107 Å². The zero-order chi connectivity index (χ0) is 42.2. The lowest BCUT2D eigenvalue weighted by atomic mass is 9.30. The van der Waals surface area contributed by atoms with E-state index >= 15 is 0 Å². The largest absolute Gasteiger partial charge is 0.458 e. The molecule has 0 radical (unpaired) electrons. The van der Waals surface area contributed by atoms with Gasteiger partial charge in [-0.2, -0.15) is 0 Å². The van der Waals surface area contributed by atoms with Crippen molar-refractivity contribution in [3.63, 3.8) is 0 Å². The third-order valence-corrected chi connectivity index (χ3v) is 14.2. The molecule has 6 aliphatic heterocycles. The summed E-state index contributed by atoms with van der Waals surface area (Å²) in [5, 5.41) is 3.95. The zero-order valence-corrected chi connectivity index (χ0v) is 35.9. The molecule has 0 fully saturated rings. The highest BCUT2D eigenvalue weighted by Crippen LogP contribution is 2.46. The van der Waals surface area contributed by atoms with Crippen LogP contribution in [0.15, 0.2) is 121 Å². The third kappa shape index (κ3) is 4.77. The molecule has 0 aromatic heterocycles. The summed E-state index contributed by atoms with van der Waals surface area (Å²) in [4.78, 5) is 2.52. The lowest BCUT2D eigenvalue weighted by Gasteiger charge is -2.43. The second-order valence-electron chi connectivity index (χ2n) is 18.5. The zero-order valence-electron chi connectivity index (χ0n) is 35.9. The minimum absolute atomic E-state index is 0.0226. The standard InChI is InChI=1S/C54H39B3N2O4/c1-27-15-31(5)54(32(6)16-27)59-41-25-39-35(55-33-11-7-9-13-43(33)60-47-19-28(2)17-40(58-39)51(47)55)23-36(41)57-38-24-37-45(26-46(38)62-48-20-29(3)18-42(59)52(48)57)63-50-22-30(4)21-49-53(50)56(37)34-12-8-10-14-44(34)61-49/h7-26,58H,1-6H3. The Hall–Kier alpha value is -7.25. The summed E-state index contributed by atoms with van der Waals surface area (Å²) in [6.45, 7) is 12.9. The lowest BCUT2D eigenvalue weighted by molar-refractivity contribution is 0.455. The number of benzene rings is 8. The lowest BCUT2D eigenvalue weighted by Crippen LogP contribution is -2.64. The van der Waals surface area contributed by atoms with Crippen LogP contribution in [-0.2, 0) is 0 Å². The molecule has 63 heavy (non-hydrogen) atoms. The molecule has 8 aromatic rings. The molecular formula is C54H39B3N2O4. The fraction of sp³-hybridized carbons (Fsp3) is 0.111. The fourth-order valence-corrected chi connectivity index (χ4v) is 11.9. The predicted molar refractivity (Wildman–Crippen MR) is 259 cm³/mol. The first-order valence-corrected chi connectivity index (χ1v) is 22.0. The number of ether oxygens (including phenoxy) is 4. The first-order valence-electron chi connectivity index (χ1n) is 22.0. The summed E-state index contributed by atoms with van der Waals surface area (Å²) >= 11 is 0. The number of hydrogen-bond acceptors (Lipinski definition) is 6. The van der Waals surface area contributed by atoms with Crippen LogP contribution >= 0.6 is 0 Å². The molecule has 6 nitrogen and oxygen atoms in total. The Morgan fingerprint density at radius 1 is 0.365 bits per heavy atom. The number of hydrogen-bond donors (Lipinski definition) is 1. The number of para-hydroxylation sites is 2. The van der Waals surface area contributed by atoms with Crippen molar-refractivity contribution in [3.8, 4) is 46.0 Å². The summed E-state index contributed by atoms with van der Waals surface area (Å²) in [5.74, 6) is 6.89. The molecular weight excluding hydrogens is 773 g/mol. The van der Waals surface area contributed by atoms with Gasteiger partial charge in [-0.1, -0.05) is 66.2 Å². The van der Waals surface area contributed by atoms with Crippen LogP contribution in [0, 0.1) is 41.5 Å². The summed E-state index contributed by atoms with van der Waals surface area (Å²) in [6.07, 6.45) is 0. The molecule has 1 N–H and O–H groups in total. The van der Waals surface area contributed by atoms with Gasteiger partial charge >= 0.3 is 0 Å². The SMILES string of the molecule is Cc1cc(C)c(N2c3cc4c(cc3B3c5cc6c(cc5Oc5cc(C)cc2c53)Oc2cc(C)cc3c2B6c2ccccc2O3)B2c3ccccc3Oc3cc(C)cc(c32)N4)c(C)c1. The van der Waals surface area contributed by atoms with E-state index in [2.05, 4.69) is 173 Å². The second kappa shape index (κ2) is 12.2. The number of nitrogens with zero attached hydrogens (tertiary/aromatic N) is 1. The minimum Gasteiger partial charge on any atom is -0.458 e. The van der Waals surface area contributed by atoms with E-state index in [0.29, 0.717) is 0 Å². The van der Waals surface area contributed by atoms with E-state index < -0.39 is 0 Å². The van der Waals surface area contributed by atoms with Crippen LogP contribution in [0.1, 0.15) is 33.4 Å². The minimum atomic E-state index is -0.143. The molecule has 0 saturated heterocycles. The van der Waals surface area contributed by atoms with Gasteiger partial charge in [0.15, 0.2) is 0 Å². The van der Waals surface area contributed by atoms with Crippen LogP contribution in [0.3, 0.4) is 0 Å². The predicted octanol–water partition coefficient (Wildman–Crippen LogP) is 7.35. The summed E-state index contributed by atoms with van der Waals surface area (Å²) in [7, 11) is 0. The summed E-state index contributed by atoms with van der Waals surface area (Å²) < 4.78 is 27.3. The van der Waals surface area contributed by atoms with Crippen LogP contribution in [0.5, 0.6) is 46.0 Å². The Morgan fingerprint density at radius 3 is 1.51 bits per heavy atom. The molecule has 0 unspecified atom stereocenters. The Balaban J connectivity index is 1.06. The molecule has 298 valence electrons. The van der Waals surface area contributed by atoms with Crippen molar-refractivity contribution in [2.24, 2.45) is 0 Å². The van der Waals surface area contributed by atoms with Crippen LogP contribution in [-0.4, -0.2) is 20.1 Å². The highest BCUT2D eigenvalue weighted by molar-refractivity contribution is 7.03. The number of aryl methyl sites for hydroxylation is 6.